The molecule has 0 radical (unpaired) electrons. The predicted molar refractivity (Wildman–Crippen MR) is 119 cm³/mol. The average molecular weight is 478 g/mol. The van der Waals surface area contributed by atoms with Crippen molar-refractivity contribution in [1.82, 2.24) is 0 Å². The van der Waals surface area contributed by atoms with E-state index in [4.69, 9.17) is 0 Å². The summed E-state index contributed by atoms with van der Waals surface area (Å²) < 4.78 is 0.801. The van der Waals surface area contributed by atoms with Gasteiger partial charge in [-0.3, -0.25) is 14.5 Å². The number of aromatic carboxylic acids is 1. The molecule has 1 atom stereocenters. The number of ketones is 1. The third-order valence-corrected chi connectivity index (χ3v) is 5.58. The Morgan fingerprint density at radius 2 is 1.52 bits per heavy atom. The molecular formula is C24H16BrNO5. The Labute approximate surface area is 186 Å². The Morgan fingerprint density at radius 3 is 2.16 bits per heavy atom. The number of hydrogen-bond donors (Lipinski definition) is 2. The first-order valence-corrected chi connectivity index (χ1v) is 10.1. The number of carbonyl (C=O) groups is 3. The molecule has 1 aliphatic rings. The number of anilines is 1. The molecule has 3 aromatic carbocycles. The van der Waals surface area contributed by atoms with Crippen LogP contribution in [0.1, 0.15) is 27.5 Å². The maximum absolute atomic E-state index is 13.0. The lowest BCUT2D eigenvalue weighted by molar-refractivity contribution is -0.132. The molecule has 6 nitrogen and oxygen atoms in total. The van der Waals surface area contributed by atoms with Gasteiger partial charge in [-0.15, -0.1) is 0 Å². The lowest BCUT2D eigenvalue weighted by Crippen LogP contribution is -2.29. The van der Waals surface area contributed by atoms with E-state index in [1.807, 2.05) is 0 Å². The highest BCUT2D eigenvalue weighted by molar-refractivity contribution is 9.10. The molecule has 1 heterocycles. The van der Waals surface area contributed by atoms with Crippen molar-refractivity contribution >= 4 is 45.0 Å². The van der Waals surface area contributed by atoms with E-state index >= 15 is 0 Å². The fraction of sp³-hybridized carbons (Fsp3) is 0.0417. The number of amides is 1. The molecule has 1 aliphatic heterocycles. The summed E-state index contributed by atoms with van der Waals surface area (Å²) in [6.45, 7) is 0. The second kappa shape index (κ2) is 8.20. The summed E-state index contributed by atoms with van der Waals surface area (Å²) >= 11 is 3.33. The first-order valence-electron chi connectivity index (χ1n) is 9.33. The third kappa shape index (κ3) is 3.75. The van der Waals surface area contributed by atoms with E-state index in [-0.39, 0.29) is 22.6 Å². The molecule has 3 aromatic rings. The van der Waals surface area contributed by atoms with Crippen molar-refractivity contribution in [3.8, 4) is 0 Å². The van der Waals surface area contributed by atoms with Gasteiger partial charge in [-0.25, -0.2) is 4.79 Å². The van der Waals surface area contributed by atoms with Crippen molar-refractivity contribution in [2.24, 2.45) is 0 Å². The Morgan fingerprint density at radius 1 is 0.839 bits per heavy atom. The van der Waals surface area contributed by atoms with Gasteiger partial charge < -0.3 is 10.2 Å². The van der Waals surface area contributed by atoms with Crippen LogP contribution in [0, 0.1) is 0 Å². The second-order valence-electron chi connectivity index (χ2n) is 6.94. The first kappa shape index (κ1) is 20.6. The van der Waals surface area contributed by atoms with Crippen LogP contribution >= 0.6 is 15.9 Å². The Balaban J connectivity index is 1.94. The van der Waals surface area contributed by atoms with Crippen LogP contribution in [0.3, 0.4) is 0 Å². The molecule has 1 saturated heterocycles. The average Bonchev–Trinajstić information content (AvgIpc) is 3.05. The minimum atomic E-state index is -1.15. The number of carboxylic acid groups (broad SMARTS) is 1. The molecule has 1 amide bonds. The molecule has 154 valence electrons. The molecule has 0 spiro atoms. The highest BCUT2D eigenvalue weighted by Crippen LogP contribution is 2.42. The normalized spacial score (nSPS) is 17.7. The number of rotatable bonds is 4. The first-order chi connectivity index (χ1) is 14.9. The summed E-state index contributed by atoms with van der Waals surface area (Å²) in [7, 11) is 0. The SMILES string of the molecule is O=C1C(=O)N(c2cccc(C(=O)O)c2)C(c2ccccc2)C1=C(O)c1ccc(Br)cc1. The molecule has 0 aromatic heterocycles. The maximum atomic E-state index is 13.0. The van der Waals surface area contributed by atoms with Crippen LogP contribution in [0.4, 0.5) is 5.69 Å². The second-order valence-corrected chi connectivity index (χ2v) is 7.86. The van der Waals surface area contributed by atoms with Crippen molar-refractivity contribution in [3.05, 3.63) is 106 Å². The maximum Gasteiger partial charge on any atom is 0.335 e. The molecule has 1 unspecified atom stereocenters. The van der Waals surface area contributed by atoms with Crippen LogP contribution in [0.25, 0.3) is 5.76 Å². The lowest BCUT2D eigenvalue weighted by atomic mass is 9.95. The Hall–Kier alpha value is -3.71. The number of Topliss-reactive ketones (excluding diaryl/α,β-unsaturated/α-hetero) is 1. The Kier molecular flexibility index (Phi) is 5.44. The zero-order valence-electron chi connectivity index (χ0n) is 16.0. The summed E-state index contributed by atoms with van der Waals surface area (Å²) in [6.07, 6.45) is 0. The van der Waals surface area contributed by atoms with Gasteiger partial charge in [-0.05, 0) is 35.9 Å². The number of carboxylic acids is 1. The van der Waals surface area contributed by atoms with Gasteiger partial charge in [0.25, 0.3) is 11.7 Å². The number of aliphatic hydroxyl groups is 1. The van der Waals surface area contributed by atoms with Crippen molar-refractivity contribution in [3.63, 3.8) is 0 Å². The van der Waals surface area contributed by atoms with Crippen LogP contribution in [-0.4, -0.2) is 27.9 Å². The molecular weight excluding hydrogens is 462 g/mol. The van der Waals surface area contributed by atoms with E-state index in [0.29, 0.717) is 11.1 Å². The van der Waals surface area contributed by atoms with E-state index in [2.05, 4.69) is 15.9 Å². The lowest BCUT2D eigenvalue weighted by Gasteiger charge is -2.25. The molecule has 1 fully saturated rings. The number of carbonyl (C=O) groups excluding carboxylic acids is 2. The molecule has 31 heavy (non-hydrogen) atoms. The summed E-state index contributed by atoms with van der Waals surface area (Å²) in [6, 6.07) is 20.5. The van der Waals surface area contributed by atoms with E-state index in [1.165, 1.54) is 23.1 Å². The third-order valence-electron chi connectivity index (χ3n) is 5.05. The van der Waals surface area contributed by atoms with Gasteiger partial charge in [0.2, 0.25) is 0 Å². The summed E-state index contributed by atoms with van der Waals surface area (Å²) in [4.78, 5) is 38.7. The van der Waals surface area contributed by atoms with E-state index in [0.717, 1.165) is 4.47 Å². The fourth-order valence-electron chi connectivity index (χ4n) is 3.60. The minimum Gasteiger partial charge on any atom is -0.507 e. The van der Waals surface area contributed by atoms with Crippen molar-refractivity contribution < 1.29 is 24.6 Å². The fourth-order valence-corrected chi connectivity index (χ4v) is 3.87. The van der Waals surface area contributed by atoms with Gasteiger partial charge in [0.15, 0.2) is 0 Å². The number of nitrogens with zero attached hydrogens (tertiary/aromatic N) is 1. The molecule has 0 aliphatic carbocycles. The molecule has 0 saturated carbocycles. The zero-order valence-corrected chi connectivity index (χ0v) is 17.6. The summed E-state index contributed by atoms with van der Waals surface area (Å²) in [5, 5.41) is 20.3. The topological polar surface area (TPSA) is 94.9 Å². The quantitative estimate of drug-likeness (QED) is 0.320. The molecule has 2 N–H and O–H groups in total. The van der Waals surface area contributed by atoms with Gasteiger partial charge in [-0.1, -0.05) is 64.5 Å². The molecule has 0 bridgehead atoms. The van der Waals surface area contributed by atoms with Crippen LogP contribution in [-0.2, 0) is 9.59 Å². The number of aliphatic hydroxyl groups excluding tert-OH is 1. The van der Waals surface area contributed by atoms with E-state index < -0.39 is 23.7 Å². The smallest absolute Gasteiger partial charge is 0.335 e. The van der Waals surface area contributed by atoms with Crippen LogP contribution in [0.15, 0.2) is 88.9 Å². The van der Waals surface area contributed by atoms with Gasteiger partial charge in [0, 0.05) is 15.7 Å². The highest BCUT2D eigenvalue weighted by Gasteiger charge is 2.47. The van der Waals surface area contributed by atoms with Crippen molar-refractivity contribution in [2.45, 2.75) is 6.04 Å². The van der Waals surface area contributed by atoms with Crippen molar-refractivity contribution in [1.29, 1.82) is 0 Å². The van der Waals surface area contributed by atoms with Gasteiger partial charge >= 0.3 is 5.97 Å². The van der Waals surface area contributed by atoms with Crippen LogP contribution in [0.5, 0.6) is 0 Å². The van der Waals surface area contributed by atoms with Gasteiger partial charge in [0.1, 0.15) is 5.76 Å². The number of benzene rings is 3. The monoisotopic (exact) mass is 477 g/mol. The number of hydrogen-bond acceptors (Lipinski definition) is 4. The summed E-state index contributed by atoms with van der Waals surface area (Å²) in [5.74, 6) is -3.12. The van der Waals surface area contributed by atoms with Crippen molar-refractivity contribution in [2.75, 3.05) is 4.90 Å². The molecule has 4 rings (SSSR count). The zero-order chi connectivity index (χ0) is 22.1. The minimum absolute atomic E-state index is 0.0147. The predicted octanol–water partition coefficient (Wildman–Crippen LogP) is 4.77. The van der Waals surface area contributed by atoms with Gasteiger partial charge in [-0.2, -0.15) is 0 Å². The number of halogens is 1. The standard InChI is InChI=1S/C24H16BrNO5/c25-17-11-9-15(10-12-17)21(27)19-20(14-5-2-1-3-6-14)26(23(29)22(19)28)18-8-4-7-16(13-18)24(30)31/h1-13,20,27H,(H,30,31). The van der Waals surface area contributed by atoms with E-state index in [1.54, 1.807) is 60.7 Å². The largest absolute Gasteiger partial charge is 0.507 e. The van der Waals surface area contributed by atoms with Crippen LogP contribution < -0.4 is 4.90 Å². The summed E-state index contributed by atoms with van der Waals surface area (Å²) in [5.41, 5.74) is 1.19. The van der Waals surface area contributed by atoms with Crippen LogP contribution in [0.2, 0.25) is 0 Å². The Bertz CT molecular complexity index is 1220. The van der Waals surface area contributed by atoms with Gasteiger partial charge in [0.05, 0.1) is 17.2 Å². The highest BCUT2D eigenvalue weighted by atomic mass is 79.9. The van der Waals surface area contributed by atoms with E-state index in [9.17, 15) is 24.6 Å². The molecule has 7 heteroatoms.